The summed E-state index contributed by atoms with van der Waals surface area (Å²) in [6.45, 7) is 2.12. The second-order valence-electron chi connectivity index (χ2n) is 5.36. The van der Waals surface area contributed by atoms with Gasteiger partial charge in [0.05, 0.1) is 13.7 Å². The number of carbonyl (C=O) groups is 1. The van der Waals surface area contributed by atoms with Crippen LogP contribution < -0.4 is 4.74 Å². The van der Waals surface area contributed by atoms with Crippen molar-refractivity contribution in [2.24, 2.45) is 0 Å². The number of carbonyl (C=O) groups excluding carboxylic acids is 1. The van der Waals surface area contributed by atoms with Gasteiger partial charge in [0.25, 0.3) is 0 Å². The quantitative estimate of drug-likeness (QED) is 0.503. The number of benzene rings is 2. The maximum Gasteiger partial charge on any atom is 0.324 e. The van der Waals surface area contributed by atoms with Gasteiger partial charge in [-0.2, -0.15) is 0 Å². The van der Waals surface area contributed by atoms with Crippen LogP contribution in [0.15, 0.2) is 59.8 Å². The molecular weight excluding hydrogens is 350 g/mol. The van der Waals surface area contributed by atoms with Crippen LogP contribution in [-0.2, 0) is 9.53 Å². The van der Waals surface area contributed by atoms with Crippen molar-refractivity contribution < 1.29 is 14.3 Å². The normalized spacial score (nSPS) is 11.8. The fourth-order valence-electron chi connectivity index (χ4n) is 2.38. The van der Waals surface area contributed by atoms with Gasteiger partial charge in [-0.05, 0) is 36.8 Å². The van der Waals surface area contributed by atoms with Crippen LogP contribution in [-0.4, -0.2) is 34.9 Å². The molecule has 0 aliphatic rings. The number of H-pyrrole nitrogens is 1. The van der Waals surface area contributed by atoms with E-state index in [1.54, 1.807) is 14.0 Å². The first-order valence-corrected chi connectivity index (χ1v) is 9.04. The summed E-state index contributed by atoms with van der Waals surface area (Å²) in [5, 5.41) is 7.11. The summed E-state index contributed by atoms with van der Waals surface area (Å²) in [7, 11) is 1.62. The Labute approximate surface area is 155 Å². The molecule has 0 saturated carbocycles. The molecule has 1 aromatic heterocycles. The minimum atomic E-state index is -0.518. The Morgan fingerprint density at radius 1 is 1.15 bits per heavy atom. The molecule has 0 amide bonds. The highest BCUT2D eigenvalue weighted by molar-refractivity contribution is 8.00. The fraction of sp³-hybridized carbons (Fsp3) is 0.211. The topological polar surface area (TPSA) is 77.1 Å². The lowest BCUT2D eigenvalue weighted by atomic mass is 10.1. The predicted octanol–water partition coefficient (Wildman–Crippen LogP) is 3.88. The number of nitrogens with zero attached hydrogens (tertiary/aromatic N) is 2. The van der Waals surface area contributed by atoms with Crippen molar-refractivity contribution in [3.05, 3.63) is 60.2 Å². The van der Waals surface area contributed by atoms with Gasteiger partial charge in [-0.1, -0.05) is 42.1 Å². The van der Waals surface area contributed by atoms with Gasteiger partial charge in [-0.3, -0.25) is 9.89 Å². The zero-order valence-electron chi connectivity index (χ0n) is 14.5. The number of thioether (sulfide) groups is 1. The lowest BCUT2D eigenvalue weighted by molar-refractivity contribution is -0.142. The van der Waals surface area contributed by atoms with Crippen molar-refractivity contribution in [3.63, 3.8) is 0 Å². The molecule has 3 aromatic rings. The summed E-state index contributed by atoms with van der Waals surface area (Å²) in [6.07, 6.45) is 0. The minimum absolute atomic E-state index is 0.306. The molecule has 0 saturated heterocycles. The summed E-state index contributed by atoms with van der Waals surface area (Å²) < 4.78 is 10.4. The van der Waals surface area contributed by atoms with E-state index < -0.39 is 5.25 Å². The molecule has 3 rings (SSSR count). The molecule has 1 atom stereocenters. The van der Waals surface area contributed by atoms with Crippen molar-refractivity contribution in [2.45, 2.75) is 17.3 Å². The van der Waals surface area contributed by atoms with E-state index >= 15 is 0 Å². The van der Waals surface area contributed by atoms with Gasteiger partial charge in [0.15, 0.2) is 5.82 Å². The van der Waals surface area contributed by atoms with Crippen molar-refractivity contribution in [1.82, 2.24) is 15.2 Å². The first-order valence-electron chi connectivity index (χ1n) is 8.16. The lowest BCUT2D eigenvalue weighted by Crippen LogP contribution is -2.13. The molecule has 0 spiro atoms. The van der Waals surface area contributed by atoms with Crippen LogP contribution in [0.5, 0.6) is 5.75 Å². The van der Waals surface area contributed by atoms with E-state index in [-0.39, 0.29) is 5.97 Å². The number of rotatable bonds is 7. The number of nitrogens with one attached hydrogen (secondary N) is 1. The Morgan fingerprint density at radius 2 is 1.88 bits per heavy atom. The fourth-order valence-corrected chi connectivity index (χ4v) is 3.29. The third kappa shape index (κ3) is 4.23. The molecule has 1 N–H and O–H groups in total. The van der Waals surface area contributed by atoms with Crippen LogP contribution in [0.4, 0.5) is 0 Å². The molecule has 0 aliphatic heterocycles. The van der Waals surface area contributed by atoms with Crippen LogP contribution in [0.2, 0.25) is 0 Å². The predicted molar refractivity (Wildman–Crippen MR) is 100 cm³/mol. The monoisotopic (exact) mass is 369 g/mol. The maximum absolute atomic E-state index is 12.4. The average molecular weight is 369 g/mol. The highest BCUT2D eigenvalue weighted by Crippen LogP contribution is 2.35. The van der Waals surface area contributed by atoms with Gasteiger partial charge in [-0.15, -0.1) is 5.10 Å². The number of ether oxygens (including phenoxy) is 2. The van der Waals surface area contributed by atoms with E-state index in [9.17, 15) is 4.79 Å². The number of hydrogen-bond donors (Lipinski definition) is 1. The number of methoxy groups -OCH3 is 1. The molecule has 26 heavy (non-hydrogen) atoms. The lowest BCUT2D eigenvalue weighted by Gasteiger charge is -2.13. The number of aromatic amines is 1. The zero-order valence-corrected chi connectivity index (χ0v) is 15.3. The van der Waals surface area contributed by atoms with E-state index in [2.05, 4.69) is 15.2 Å². The average Bonchev–Trinajstić information content (AvgIpc) is 3.16. The van der Waals surface area contributed by atoms with Crippen molar-refractivity contribution in [3.8, 4) is 17.1 Å². The minimum Gasteiger partial charge on any atom is -0.497 e. The van der Waals surface area contributed by atoms with E-state index in [4.69, 9.17) is 9.47 Å². The van der Waals surface area contributed by atoms with Gasteiger partial charge in [0, 0.05) is 5.56 Å². The van der Waals surface area contributed by atoms with Gasteiger partial charge >= 0.3 is 5.97 Å². The summed E-state index contributed by atoms with van der Waals surface area (Å²) >= 11 is 1.26. The number of aromatic nitrogens is 3. The molecule has 7 heteroatoms. The maximum atomic E-state index is 12.4. The van der Waals surface area contributed by atoms with Crippen LogP contribution in [0, 0.1) is 0 Å². The van der Waals surface area contributed by atoms with Gasteiger partial charge in [0.2, 0.25) is 5.16 Å². The van der Waals surface area contributed by atoms with E-state index in [0.717, 1.165) is 16.9 Å². The van der Waals surface area contributed by atoms with Gasteiger partial charge in [-0.25, -0.2) is 4.98 Å². The molecule has 1 heterocycles. The summed E-state index contributed by atoms with van der Waals surface area (Å²) in [5.74, 6) is 1.10. The van der Waals surface area contributed by atoms with E-state index in [1.807, 2.05) is 54.6 Å². The molecule has 0 fully saturated rings. The van der Waals surface area contributed by atoms with Crippen molar-refractivity contribution in [1.29, 1.82) is 0 Å². The van der Waals surface area contributed by atoms with Crippen LogP contribution in [0.1, 0.15) is 17.7 Å². The van der Waals surface area contributed by atoms with Crippen LogP contribution in [0.25, 0.3) is 11.4 Å². The third-order valence-corrected chi connectivity index (χ3v) is 4.75. The molecule has 6 nitrogen and oxygen atoms in total. The van der Waals surface area contributed by atoms with Crippen LogP contribution in [0.3, 0.4) is 0 Å². The first-order chi connectivity index (χ1) is 12.7. The summed E-state index contributed by atoms with van der Waals surface area (Å²) in [4.78, 5) is 16.9. The molecular formula is C19H19N3O3S. The van der Waals surface area contributed by atoms with Gasteiger partial charge < -0.3 is 9.47 Å². The second kappa shape index (κ2) is 8.53. The number of esters is 1. The second-order valence-corrected chi connectivity index (χ2v) is 6.43. The molecule has 134 valence electrons. The molecule has 0 bridgehead atoms. The Balaban J connectivity index is 1.81. The van der Waals surface area contributed by atoms with E-state index in [1.165, 1.54) is 11.8 Å². The highest BCUT2D eigenvalue weighted by atomic mass is 32.2. The Bertz CT molecular complexity index is 850. The summed E-state index contributed by atoms with van der Waals surface area (Å²) in [6, 6.07) is 17.0. The molecule has 0 radical (unpaired) electrons. The summed E-state index contributed by atoms with van der Waals surface area (Å²) in [5.41, 5.74) is 1.74. The smallest absolute Gasteiger partial charge is 0.324 e. The van der Waals surface area contributed by atoms with Crippen molar-refractivity contribution >= 4 is 17.7 Å². The highest BCUT2D eigenvalue weighted by Gasteiger charge is 2.25. The standard InChI is InChI=1S/C19H19N3O3S/c1-3-25-18(23)16(13-7-5-4-6-8-13)26-19-20-17(21-22-19)14-9-11-15(24-2)12-10-14/h4-12,16H,3H2,1-2H3,(H,20,21,22)/t16-/m0/s1. The zero-order chi connectivity index (χ0) is 18.4. The molecule has 0 aliphatic carbocycles. The third-order valence-electron chi connectivity index (χ3n) is 3.65. The molecule has 0 unspecified atom stereocenters. The van der Waals surface area contributed by atoms with Gasteiger partial charge in [0.1, 0.15) is 11.0 Å². The Morgan fingerprint density at radius 3 is 2.54 bits per heavy atom. The molecule has 2 aromatic carbocycles. The Hall–Kier alpha value is -2.80. The number of hydrogen-bond acceptors (Lipinski definition) is 6. The van der Waals surface area contributed by atoms with Crippen molar-refractivity contribution in [2.75, 3.05) is 13.7 Å². The van der Waals surface area contributed by atoms with E-state index in [0.29, 0.717) is 17.6 Å². The van der Waals surface area contributed by atoms with Crippen LogP contribution >= 0.6 is 11.8 Å². The Kier molecular flexibility index (Phi) is 5.91. The first kappa shape index (κ1) is 18.0. The largest absolute Gasteiger partial charge is 0.497 e. The SMILES string of the molecule is CCOC(=O)[C@@H](Sc1n[nH]c(-c2ccc(OC)cc2)n1)c1ccccc1.